The number of imide groups is 1. The first-order chi connectivity index (χ1) is 11.9. The number of allylic oxidation sites excluding steroid dienone is 2. The zero-order valence-corrected chi connectivity index (χ0v) is 15.2. The molecule has 0 saturated carbocycles. The summed E-state index contributed by atoms with van der Waals surface area (Å²) in [5.74, 6) is -1.20. The fourth-order valence-electron chi connectivity index (χ4n) is 1.89. The van der Waals surface area contributed by atoms with Gasteiger partial charge in [-0.2, -0.15) is 0 Å². The molecule has 136 valence electrons. The molecule has 1 N–H and O–H groups in total. The Bertz CT molecular complexity index is 618. The number of aromatic nitrogens is 1. The van der Waals surface area contributed by atoms with Gasteiger partial charge in [-0.25, -0.2) is 9.78 Å². The van der Waals surface area contributed by atoms with Gasteiger partial charge in [-0.05, 0) is 32.4 Å². The molecule has 0 spiro atoms. The van der Waals surface area contributed by atoms with Crippen LogP contribution in [0.2, 0.25) is 0 Å². The van der Waals surface area contributed by atoms with E-state index >= 15 is 0 Å². The number of hydrogen-bond donors (Lipinski definition) is 1. The van der Waals surface area contributed by atoms with Gasteiger partial charge >= 0.3 is 5.97 Å². The molecule has 2 rings (SSSR count). The fourth-order valence-corrected chi connectivity index (χ4v) is 1.89. The average Bonchev–Trinajstić information content (AvgIpc) is 2.92. The molecule has 7 nitrogen and oxygen atoms in total. The van der Waals surface area contributed by atoms with E-state index in [9.17, 15) is 14.4 Å². The number of rotatable bonds is 5. The van der Waals surface area contributed by atoms with E-state index < -0.39 is 17.8 Å². The van der Waals surface area contributed by atoms with Crippen molar-refractivity contribution in [3.63, 3.8) is 0 Å². The van der Waals surface area contributed by atoms with Gasteiger partial charge in [-0.3, -0.25) is 9.59 Å². The predicted molar refractivity (Wildman–Crippen MR) is 94.6 cm³/mol. The van der Waals surface area contributed by atoms with Gasteiger partial charge in [0.15, 0.2) is 0 Å². The highest BCUT2D eigenvalue weighted by atomic mass is 16.7. The van der Waals surface area contributed by atoms with Crippen molar-refractivity contribution in [2.24, 2.45) is 0 Å². The standard InChI is InChI=1S/C11H11N3O4.C7H14/c1-12-8-3-2-7(6-13-8)11(17)18-14-9(15)4-5-10(14)16;1-4-5-6-7(2)3/h2-3,6H,4-5H2,1H3,(H,12,13);6H,4-5H2,1-3H3. The first kappa shape index (κ1) is 20.3. The number of pyridine rings is 1. The number of unbranched alkanes of at least 4 members (excludes halogenated alkanes) is 1. The zero-order valence-electron chi connectivity index (χ0n) is 15.2. The average molecular weight is 347 g/mol. The van der Waals surface area contributed by atoms with Crippen molar-refractivity contribution in [2.75, 3.05) is 12.4 Å². The van der Waals surface area contributed by atoms with Crippen LogP contribution >= 0.6 is 0 Å². The van der Waals surface area contributed by atoms with E-state index in [1.54, 1.807) is 13.1 Å². The van der Waals surface area contributed by atoms with E-state index in [0.29, 0.717) is 10.9 Å². The van der Waals surface area contributed by atoms with Crippen LogP contribution in [0.5, 0.6) is 0 Å². The summed E-state index contributed by atoms with van der Waals surface area (Å²) in [4.78, 5) is 42.8. The molecule has 1 fully saturated rings. The number of hydroxylamine groups is 2. The Hall–Kier alpha value is -2.70. The van der Waals surface area contributed by atoms with Gasteiger partial charge in [-0.15, -0.1) is 5.06 Å². The molecule has 1 saturated heterocycles. The summed E-state index contributed by atoms with van der Waals surface area (Å²) >= 11 is 0. The minimum Gasteiger partial charge on any atom is -0.373 e. The summed E-state index contributed by atoms with van der Waals surface area (Å²) < 4.78 is 0. The highest BCUT2D eigenvalue weighted by Crippen LogP contribution is 2.14. The third kappa shape index (κ3) is 6.74. The Kier molecular flexibility index (Phi) is 8.32. The van der Waals surface area contributed by atoms with Gasteiger partial charge < -0.3 is 10.2 Å². The molecule has 7 heteroatoms. The molecule has 0 aliphatic carbocycles. The van der Waals surface area contributed by atoms with Gasteiger partial charge in [0, 0.05) is 26.1 Å². The molecule has 0 aromatic carbocycles. The molecule has 0 radical (unpaired) electrons. The molecule has 1 aliphatic rings. The molecular formula is C18H25N3O4. The summed E-state index contributed by atoms with van der Waals surface area (Å²) in [6.07, 6.45) is 6.22. The van der Waals surface area contributed by atoms with Crippen LogP contribution in [-0.2, 0) is 14.4 Å². The van der Waals surface area contributed by atoms with Crippen LogP contribution in [0.15, 0.2) is 30.0 Å². The van der Waals surface area contributed by atoms with E-state index in [-0.39, 0.29) is 18.4 Å². The SMILES string of the molecule is CCCC=C(C)C.CNc1ccc(C(=O)ON2C(=O)CCC2=O)cn1. The van der Waals surface area contributed by atoms with Crippen LogP contribution in [0, 0.1) is 0 Å². The van der Waals surface area contributed by atoms with Crippen LogP contribution < -0.4 is 5.32 Å². The second-order valence-corrected chi connectivity index (χ2v) is 5.71. The Morgan fingerprint density at radius 2 is 1.92 bits per heavy atom. The van der Waals surface area contributed by atoms with E-state index in [4.69, 9.17) is 4.84 Å². The number of anilines is 1. The number of nitrogens with one attached hydrogen (secondary N) is 1. The molecule has 0 atom stereocenters. The second kappa shape index (κ2) is 10.2. The molecule has 1 aromatic heterocycles. The number of hydrogen-bond acceptors (Lipinski definition) is 6. The van der Waals surface area contributed by atoms with Crippen LogP contribution in [0.25, 0.3) is 0 Å². The van der Waals surface area contributed by atoms with Crippen molar-refractivity contribution in [2.45, 2.75) is 46.5 Å². The Balaban J connectivity index is 0.000000381. The molecule has 0 unspecified atom stereocenters. The van der Waals surface area contributed by atoms with Crippen molar-refractivity contribution in [3.8, 4) is 0 Å². The summed E-state index contributed by atoms with van der Waals surface area (Å²) in [5.41, 5.74) is 1.60. The highest BCUT2D eigenvalue weighted by Gasteiger charge is 2.33. The van der Waals surface area contributed by atoms with Gasteiger partial charge in [0.2, 0.25) is 0 Å². The minimum atomic E-state index is -0.784. The number of carbonyl (C=O) groups is 3. The Morgan fingerprint density at radius 3 is 2.32 bits per heavy atom. The van der Waals surface area contributed by atoms with Crippen LogP contribution in [0.4, 0.5) is 5.82 Å². The van der Waals surface area contributed by atoms with Crippen molar-refractivity contribution < 1.29 is 19.2 Å². The monoisotopic (exact) mass is 347 g/mol. The number of amides is 2. The molecule has 2 heterocycles. The molecule has 1 aromatic rings. The summed E-state index contributed by atoms with van der Waals surface area (Å²) in [6.45, 7) is 6.46. The third-order valence-corrected chi connectivity index (χ3v) is 3.28. The summed E-state index contributed by atoms with van der Waals surface area (Å²) in [7, 11) is 1.70. The maximum absolute atomic E-state index is 11.7. The van der Waals surface area contributed by atoms with Gasteiger partial charge in [0.25, 0.3) is 11.8 Å². The van der Waals surface area contributed by atoms with Gasteiger partial charge in [0.05, 0.1) is 5.56 Å². The van der Waals surface area contributed by atoms with Crippen molar-refractivity contribution in [1.29, 1.82) is 0 Å². The lowest BCUT2D eigenvalue weighted by atomic mass is 10.2. The van der Waals surface area contributed by atoms with Crippen LogP contribution in [-0.4, -0.2) is 34.9 Å². The van der Waals surface area contributed by atoms with E-state index in [0.717, 1.165) is 0 Å². The molecule has 1 aliphatic heterocycles. The van der Waals surface area contributed by atoms with E-state index in [2.05, 4.69) is 37.1 Å². The smallest absolute Gasteiger partial charge is 0.365 e. The Labute approximate surface area is 148 Å². The lowest BCUT2D eigenvalue weighted by molar-refractivity contribution is -0.172. The lowest BCUT2D eigenvalue weighted by Crippen LogP contribution is -2.32. The quantitative estimate of drug-likeness (QED) is 0.650. The zero-order chi connectivity index (χ0) is 18.8. The summed E-state index contributed by atoms with van der Waals surface area (Å²) in [5, 5.41) is 3.31. The largest absolute Gasteiger partial charge is 0.373 e. The van der Waals surface area contributed by atoms with E-state index in [1.165, 1.54) is 30.7 Å². The number of nitrogens with zero attached hydrogens (tertiary/aromatic N) is 2. The fraction of sp³-hybridized carbons (Fsp3) is 0.444. The maximum atomic E-state index is 11.7. The van der Waals surface area contributed by atoms with Crippen molar-refractivity contribution in [1.82, 2.24) is 10.0 Å². The maximum Gasteiger partial charge on any atom is 0.365 e. The highest BCUT2D eigenvalue weighted by molar-refractivity contribution is 6.02. The normalized spacial score (nSPS) is 13.0. The van der Waals surface area contributed by atoms with Gasteiger partial charge in [-0.1, -0.05) is 25.0 Å². The predicted octanol–water partition coefficient (Wildman–Crippen LogP) is 3.10. The molecule has 2 amide bonds. The third-order valence-electron chi connectivity index (χ3n) is 3.28. The molecule has 0 bridgehead atoms. The lowest BCUT2D eigenvalue weighted by Gasteiger charge is -2.12. The summed E-state index contributed by atoms with van der Waals surface area (Å²) in [6, 6.07) is 3.08. The Morgan fingerprint density at radius 1 is 1.28 bits per heavy atom. The van der Waals surface area contributed by atoms with Crippen LogP contribution in [0.3, 0.4) is 0 Å². The number of carbonyl (C=O) groups excluding carboxylic acids is 3. The first-order valence-corrected chi connectivity index (χ1v) is 8.24. The van der Waals surface area contributed by atoms with E-state index in [1.807, 2.05) is 0 Å². The first-order valence-electron chi connectivity index (χ1n) is 8.24. The second-order valence-electron chi connectivity index (χ2n) is 5.71. The van der Waals surface area contributed by atoms with Crippen molar-refractivity contribution in [3.05, 3.63) is 35.5 Å². The molecular weight excluding hydrogens is 322 g/mol. The van der Waals surface area contributed by atoms with Gasteiger partial charge in [0.1, 0.15) is 5.82 Å². The minimum absolute atomic E-state index is 0.0725. The topological polar surface area (TPSA) is 88.6 Å². The van der Waals surface area contributed by atoms with Crippen molar-refractivity contribution >= 4 is 23.6 Å². The van der Waals surface area contributed by atoms with Crippen LogP contribution in [0.1, 0.15) is 56.8 Å². The molecule has 25 heavy (non-hydrogen) atoms.